The highest BCUT2D eigenvalue weighted by atomic mass is 16.2. The van der Waals surface area contributed by atoms with Gasteiger partial charge in [-0.15, -0.1) is 10.2 Å². The average Bonchev–Trinajstić information content (AvgIpc) is 3.09. The zero-order valence-electron chi connectivity index (χ0n) is 13.7. The third kappa shape index (κ3) is 2.26. The number of carbonyl (C=O) groups is 1. The zero-order chi connectivity index (χ0) is 16.0. The van der Waals surface area contributed by atoms with Crippen LogP contribution < -0.4 is 0 Å². The van der Waals surface area contributed by atoms with E-state index in [4.69, 9.17) is 0 Å². The minimum atomic E-state index is 0.143. The molecule has 120 valence electrons. The van der Waals surface area contributed by atoms with E-state index < -0.39 is 0 Å². The summed E-state index contributed by atoms with van der Waals surface area (Å²) >= 11 is 0. The quantitative estimate of drug-likeness (QED) is 0.856. The molecule has 1 aromatic heterocycles. The van der Waals surface area contributed by atoms with E-state index in [1.165, 1.54) is 19.3 Å². The molecular weight excluding hydrogens is 288 g/mol. The van der Waals surface area contributed by atoms with Crippen molar-refractivity contribution in [1.82, 2.24) is 19.7 Å². The lowest BCUT2D eigenvalue weighted by molar-refractivity contribution is 0.0723. The molecule has 2 fully saturated rings. The first-order chi connectivity index (χ1) is 11.1. The van der Waals surface area contributed by atoms with Gasteiger partial charge in [0.15, 0.2) is 0 Å². The van der Waals surface area contributed by atoms with Crippen molar-refractivity contribution in [2.24, 2.45) is 12.5 Å². The molecule has 5 heteroatoms. The smallest absolute Gasteiger partial charge is 0.253 e. The Morgan fingerprint density at radius 3 is 2.78 bits per heavy atom. The van der Waals surface area contributed by atoms with E-state index in [0.29, 0.717) is 5.92 Å². The van der Waals surface area contributed by atoms with Crippen molar-refractivity contribution in [3.05, 3.63) is 47.5 Å². The van der Waals surface area contributed by atoms with Crippen molar-refractivity contribution < 1.29 is 4.79 Å². The van der Waals surface area contributed by atoms with Crippen LogP contribution in [0.1, 0.15) is 46.9 Å². The molecule has 23 heavy (non-hydrogen) atoms. The molecule has 4 rings (SSSR count). The third-order valence-electron chi connectivity index (χ3n) is 5.61. The molecule has 1 aromatic carbocycles. The molecular formula is C18H22N4O. The van der Waals surface area contributed by atoms with Crippen LogP contribution in [-0.2, 0) is 7.05 Å². The average molecular weight is 310 g/mol. The standard InChI is InChI=1S/C18H22N4O/c1-13-5-3-6-14(9-13)17(23)22-10-15(16-20-19-12-21(16)2)18(11-22)7-4-8-18/h3,5-6,9,12,15H,4,7-8,10-11H2,1-2H3. The first kappa shape index (κ1) is 14.4. The van der Waals surface area contributed by atoms with Gasteiger partial charge in [0, 0.05) is 31.6 Å². The molecule has 1 amide bonds. The lowest BCUT2D eigenvalue weighted by Gasteiger charge is -2.42. The molecule has 0 radical (unpaired) electrons. The predicted octanol–water partition coefficient (Wildman–Crippen LogP) is 2.53. The highest BCUT2D eigenvalue weighted by Crippen LogP contribution is 2.55. The fourth-order valence-corrected chi connectivity index (χ4v) is 4.18. The second kappa shape index (κ2) is 5.18. The fraction of sp³-hybridized carbons (Fsp3) is 0.500. The number of rotatable bonds is 2. The van der Waals surface area contributed by atoms with Crippen LogP contribution >= 0.6 is 0 Å². The zero-order valence-corrected chi connectivity index (χ0v) is 13.7. The van der Waals surface area contributed by atoms with E-state index in [-0.39, 0.29) is 11.3 Å². The maximum atomic E-state index is 12.9. The number of nitrogens with zero attached hydrogens (tertiary/aromatic N) is 4. The molecule has 1 atom stereocenters. The molecule has 5 nitrogen and oxygen atoms in total. The lowest BCUT2D eigenvalue weighted by atomic mass is 9.62. The maximum Gasteiger partial charge on any atom is 0.253 e. The van der Waals surface area contributed by atoms with Crippen molar-refractivity contribution >= 4 is 5.91 Å². The van der Waals surface area contributed by atoms with E-state index in [0.717, 1.165) is 30.0 Å². The van der Waals surface area contributed by atoms with Crippen LogP contribution in [0.2, 0.25) is 0 Å². The molecule has 1 unspecified atom stereocenters. The van der Waals surface area contributed by atoms with Crippen LogP contribution in [0.15, 0.2) is 30.6 Å². The lowest BCUT2D eigenvalue weighted by Crippen LogP contribution is -2.38. The number of aromatic nitrogens is 3. The largest absolute Gasteiger partial charge is 0.337 e. The summed E-state index contributed by atoms with van der Waals surface area (Å²) in [7, 11) is 1.99. The van der Waals surface area contributed by atoms with E-state index in [9.17, 15) is 4.79 Å². The SMILES string of the molecule is Cc1cccc(C(=O)N2CC(c3nncn3C)C3(CCC3)C2)c1. The third-order valence-corrected chi connectivity index (χ3v) is 5.61. The maximum absolute atomic E-state index is 12.9. The summed E-state index contributed by atoms with van der Waals surface area (Å²) in [5.41, 5.74) is 2.12. The molecule has 0 N–H and O–H groups in total. The Labute approximate surface area is 136 Å². The molecule has 1 aliphatic heterocycles. The van der Waals surface area contributed by atoms with E-state index in [1.807, 2.05) is 47.7 Å². The number of benzene rings is 1. The number of carbonyl (C=O) groups excluding carboxylic acids is 1. The Hall–Kier alpha value is -2.17. The summed E-state index contributed by atoms with van der Waals surface area (Å²) in [6.45, 7) is 3.62. The summed E-state index contributed by atoms with van der Waals surface area (Å²) in [6, 6.07) is 7.87. The van der Waals surface area contributed by atoms with Gasteiger partial charge < -0.3 is 9.47 Å². The predicted molar refractivity (Wildman–Crippen MR) is 87.1 cm³/mol. The Balaban J connectivity index is 1.63. The van der Waals surface area contributed by atoms with Gasteiger partial charge in [0.2, 0.25) is 0 Å². The van der Waals surface area contributed by atoms with Gasteiger partial charge >= 0.3 is 0 Å². The second-order valence-electron chi connectivity index (χ2n) is 7.12. The van der Waals surface area contributed by atoms with Crippen LogP contribution in [0.25, 0.3) is 0 Å². The summed E-state index contributed by atoms with van der Waals surface area (Å²) in [6.07, 6.45) is 5.37. The van der Waals surface area contributed by atoms with Gasteiger partial charge in [-0.2, -0.15) is 0 Å². The van der Waals surface area contributed by atoms with E-state index in [1.54, 1.807) is 6.33 Å². The number of hydrogen-bond donors (Lipinski definition) is 0. The Kier molecular flexibility index (Phi) is 3.25. The molecule has 2 aromatic rings. The van der Waals surface area contributed by atoms with Crippen LogP contribution in [0, 0.1) is 12.3 Å². The van der Waals surface area contributed by atoms with Gasteiger partial charge in [-0.1, -0.05) is 24.1 Å². The number of hydrogen-bond acceptors (Lipinski definition) is 3. The first-order valence-corrected chi connectivity index (χ1v) is 8.29. The van der Waals surface area contributed by atoms with Crippen molar-refractivity contribution in [2.75, 3.05) is 13.1 Å². The van der Waals surface area contributed by atoms with Crippen molar-refractivity contribution in [1.29, 1.82) is 0 Å². The summed E-state index contributed by atoms with van der Waals surface area (Å²) < 4.78 is 2.01. The van der Waals surface area contributed by atoms with Crippen LogP contribution in [0.4, 0.5) is 0 Å². The minimum Gasteiger partial charge on any atom is -0.337 e. The van der Waals surface area contributed by atoms with Crippen molar-refractivity contribution in [3.8, 4) is 0 Å². The van der Waals surface area contributed by atoms with Gasteiger partial charge in [0.05, 0.1) is 0 Å². The highest BCUT2D eigenvalue weighted by Gasteiger charge is 2.53. The molecule has 0 bridgehead atoms. The van der Waals surface area contributed by atoms with Gasteiger partial charge in [-0.3, -0.25) is 4.79 Å². The summed E-state index contributed by atoms with van der Waals surface area (Å²) in [5.74, 6) is 1.46. The molecule has 2 heterocycles. The Bertz CT molecular complexity index is 747. The monoisotopic (exact) mass is 310 g/mol. The molecule has 1 saturated carbocycles. The van der Waals surface area contributed by atoms with Crippen LogP contribution in [0.3, 0.4) is 0 Å². The summed E-state index contributed by atoms with van der Waals surface area (Å²) in [5, 5.41) is 8.37. The van der Waals surface area contributed by atoms with Gasteiger partial charge in [-0.25, -0.2) is 0 Å². The van der Waals surface area contributed by atoms with Gasteiger partial charge in [0.1, 0.15) is 12.2 Å². The topological polar surface area (TPSA) is 51.0 Å². The van der Waals surface area contributed by atoms with E-state index in [2.05, 4.69) is 10.2 Å². The number of likely N-dealkylation sites (tertiary alicyclic amines) is 1. The highest BCUT2D eigenvalue weighted by molar-refractivity contribution is 5.94. The van der Waals surface area contributed by atoms with Gasteiger partial charge in [-0.05, 0) is 37.3 Å². The normalized spacial score (nSPS) is 22.3. The molecule has 1 saturated heterocycles. The van der Waals surface area contributed by atoms with Crippen LogP contribution in [0.5, 0.6) is 0 Å². The van der Waals surface area contributed by atoms with E-state index >= 15 is 0 Å². The number of amides is 1. The molecule has 2 aliphatic rings. The Morgan fingerprint density at radius 1 is 1.35 bits per heavy atom. The number of aryl methyl sites for hydroxylation is 2. The van der Waals surface area contributed by atoms with Crippen LogP contribution in [-0.4, -0.2) is 38.7 Å². The summed E-state index contributed by atoms with van der Waals surface area (Å²) in [4.78, 5) is 14.9. The van der Waals surface area contributed by atoms with Crippen molar-refractivity contribution in [3.63, 3.8) is 0 Å². The Morgan fingerprint density at radius 2 is 2.17 bits per heavy atom. The molecule has 1 spiro atoms. The minimum absolute atomic E-state index is 0.143. The fourth-order valence-electron chi connectivity index (χ4n) is 4.18. The second-order valence-corrected chi connectivity index (χ2v) is 7.12. The van der Waals surface area contributed by atoms with Gasteiger partial charge in [0.25, 0.3) is 5.91 Å². The first-order valence-electron chi connectivity index (χ1n) is 8.29. The van der Waals surface area contributed by atoms with Crippen molar-refractivity contribution in [2.45, 2.75) is 32.1 Å². The molecule has 1 aliphatic carbocycles.